The van der Waals surface area contributed by atoms with Crippen LogP contribution in [0.3, 0.4) is 0 Å². The molecule has 0 unspecified atom stereocenters. The normalized spacial score (nSPS) is 7.29. The van der Waals surface area contributed by atoms with E-state index in [4.69, 9.17) is 0 Å². The van der Waals surface area contributed by atoms with E-state index in [2.05, 4.69) is 51.8 Å². The minimum absolute atomic E-state index is 0.898. The lowest BCUT2D eigenvalue weighted by Gasteiger charge is -1.95. The molecule has 0 nitrogen and oxygen atoms in total. The highest BCUT2D eigenvalue weighted by atomic mass is 13.9. The van der Waals surface area contributed by atoms with Crippen molar-refractivity contribution in [3.8, 4) is 12.8 Å². The Hall–Kier alpha value is -1.40. The lowest BCUT2D eigenvalue weighted by atomic mass is 10.1. The molecule has 0 amide bonds. The molecule has 0 heterocycles. The summed E-state index contributed by atoms with van der Waals surface area (Å²) in [6.45, 7) is 6.73. The maximum Gasteiger partial charge on any atom is 0.0405 e. The molecule has 1 aromatic carbocycles. The SMILES string of the molecule is C#C.CCCC(C)C.c1[c]cccc#1. The van der Waals surface area contributed by atoms with Gasteiger partial charge < -0.3 is 0 Å². The molecule has 14 heavy (non-hydrogen) atoms. The average Bonchev–Trinajstić information content (AvgIpc) is 2.24. The molecule has 1 radical (unpaired) electrons. The maximum absolute atomic E-state index is 4.00. The molecular weight excluding hydrogens is 168 g/mol. The van der Waals surface area contributed by atoms with Crippen LogP contribution in [0, 0.1) is 37.0 Å². The predicted octanol–water partition coefficient (Wildman–Crippen LogP) is 3.78. The molecule has 0 aliphatic carbocycles. The van der Waals surface area contributed by atoms with Gasteiger partial charge in [0.15, 0.2) is 0 Å². The van der Waals surface area contributed by atoms with Crippen molar-refractivity contribution < 1.29 is 0 Å². The minimum Gasteiger partial charge on any atom is -0.124 e. The summed E-state index contributed by atoms with van der Waals surface area (Å²) in [5.74, 6) is 0.898. The van der Waals surface area contributed by atoms with Crippen molar-refractivity contribution in [2.45, 2.75) is 33.6 Å². The minimum atomic E-state index is 0.898. The molecule has 0 bridgehead atoms. The van der Waals surface area contributed by atoms with Crippen LogP contribution in [0.15, 0.2) is 18.2 Å². The van der Waals surface area contributed by atoms with E-state index in [1.165, 1.54) is 12.8 Å². The van der Waals surface area contributed by atoms with Gasteiger partial charge in [-0.05, 0) is 18.1 Å². The topological polar surface area (TPSA) is 0 Å². The van der Waals surface area contributed by atoms with Crippen molar-refractivity contribution in [1.82, 2.24) is 0 Å². The molecule has 0 heteroatoms. The van der Waals surface area contributed by atoms with E-state index in [-0.39, 0.29) is 0 Å². The molecule has 75 valence electrons. The second-order valence-electron chi connectivity index (χ2n) is 3.12. The van der Waals surface area contributed by atoms with Crippen LogP contribution in [0.5, 0.6) is 0 Å². The third-order valence-electron chi connectivity index (χ3n) is 1.37. The van der Waals surface area contributed by atoms with Crippen LogP contribution in [0.4, 0.5) is 0 Å². The molecule has 0 spiro atoms. The highest BCUT2D eigenvalue weighted by molar-refractivity contribution is 4.88. The molecule has 1 rings (SSSR count). The van der Waals surface area contributed by atoms with Gasteiger partial charge in [-0.15, -0.1) is 12.8 Å². The number of rotatable bonds is 2. The Morgan fingerprint density at radius 1 is 1.21 bits per heavy atom. The molecule has 0 aromatic heterocycles. The fourth-order valence-electron chi connectivity index (χ4n) is 0.847. The monoisotopic (exact) mass is 187 g/mol. The Kier molecular flexibility index (Phi) is 15.2. The first-order valence-corrected chi connectivity index (χ1v) is 4.85. The summed E-state index contributed by atoms with van der Waals surface area (Å²) in [5, 5.41) is 0. The smallest absolute Gasteiger partial charge is 0.0405 e. The molecule has 0 saturated heterocycles. The van der Waals surface area contributed by atoms with E-state index >= 15 is 0 Å². The van der Waals surface area contributed by atoms with Gasteiger partial charge in [0.05, 0.1) is 0 Å². The Morgan fingerprint density at radius 3 is 1.93 bits per heavy atom. The molecule has 1 aromatic rings. The summed E-state index contributed by atoms with van der Waals surface area (Å²) in [6, 6.07) is 13.5. The predicted molar refractivity (Wildman–Crippen MR) is 62.6 cm³/mol. The zero-order valence-electron chi connectivity index (χ0n) is 9.38. The van der Waals surface area contributed by atoms with Gasteiger partial charge in [0.1, 0.15) is 0 Å². The molecule has 0 aliphatic rings. The van der Waals surface area contributed by atoms with E-state index in [1.807, 2.05) is 6.07 Å². The second-order valence-corrected chi connectivity index (χ2v) is 3.12. The Morgan fingerprint density at radius 2 is 1.86 bits per heavy atom. The van der Waals surface area contributed by atoms with Crippen molar-refractivity contribution in [3.63, 3.8) is 0 Å². The van der Waals surface area contributed by atoms with Gasteiger partial charge in [0, 0.05) is 6.07 Å². The second kappa shape index (κ2) is 14.1. The van der Waals surface area contributed by atoms with Gasteiger partial charge in [-0.3, -0.25) is 0 Å². The number of terminal acetylenes is 1. The van der Waals surface area contributed by atoms with Crippen LogP contribution in [0.2, 0.25) is 0 Å². The molecule has 0 aliphatic heterocycles. The largest absolute Gasteiger partial charge is 0.124 e. The van der Waals surface area contributed by atoms with E-state index in [0.29, 0.717) is 0 Å². The van der Waals surface area contributed by atoms with E-state index < -0.39 is 0 Å². The molecule has 0 saturated carbocycles. The number of hydrogen-bond donors (Lipinski definition) is 0. The lowest BCUT2D eigenvalue weighted by Crippen LogP contribution is -1.81. The zero-order chi connectivity index (χ0) is 11.2. The summed E-state index contributed by atoms with van der Waals surface area (Å²) in [4.78, 5) is 0. The van der Waals surface area contributed by atoms with Gasteiger partial charge in [-0.2, -0.15) is 0 Å². The van der Waals surface area contributed by atoms with Crippen LogP contribution < -0.4 is 0 Å². The van der Waals surface area contributed by atoms with Gasteiger partial charge in [-0.1, -0.05) is 51.8 Å². The molecular formula is C14H19. The van der Waals surface area contributed by atoms with Gasteiger partial charge >= 0.3 is 0 Å². The van der Waals surface area contributed by atoms with Crippen LogP contribution in [-0.2, 0) is 0 Å². The van der Waals surface area contributed by atoms with Crippen LogP contribution in [0.1, 0.15) is 33.6 Å². The fraction of sp³-hybridized carbons (Fsp3) is 0.429. The first kappa shape index (κ1) is 15.1. The zero-order valence-corrected chi connectivity index (χ0v) is 9.38. The van der Waals surface area contributed by atoms with Crippen molar-refractivity contribution in [3.05, 3.63) is 36.4 Å². The molecule has 0 N–H and O–H groups in total. The van der Waals surface area contributed by atoms with Gasteiger partial charge in [-0.25, -0.2) is 0 Å². The molecule has 0 atom stereocenters. The van der Waals surface area contributed by atoms with Crippen LogP contribution in [-0.4, -0.2) is 0 Å². The van der Waals surface area contributed by atoms with E-state index in [9.17, 15) is 0 Å². The summed E-state index contributed by atoms with van der Waals surface area (Å²) in [7, 11) is 0. The van der Waals surface area contributed by atoms with Gasteiger partial charge in [0.25, 0.3) is 0 Å². The average molecular weight is 187 g/mol. The summed E-state index contributed by atoms with van der Waals surface area (Å²) in [5.41, 5.74) is 0. The Labute approximate surface area is 89.4 Å². The Bertz CT molecular complexity index is 157. The van der Waals surface area contributed by atoms with Crippen molar-refractivity contribution in [1.29, 1.82) is 0 Å². The highest BCUT2D eigenvalue weighted by Crippen LogP contribution is 2.00. The summed E-state index contributed by atoms with van der Waals surface area (Å²) < 4.78 is 0. The van der Waals surface area contributed by atoms with Crippen molar-refractivity contribution in [2.75, 3.05) is 0 Å². The maximum atomic E-state index is 4.00. The standard InChI is InChI=1S/C6H3.C6H14.C2H2/c1-2-4-6-5-3-1;1-4-5-6(2)3;1-2/h1-3H;6H,4-5H2,1-3H3;1-2H. The summed E-state index contributed by atoms with van der Waals surface area (Å²) in [6.07, 6.45) is 10.7. The van der Waals surface area contributed by atoms with Crippen molar-refractivity contribution >= 4 is 0 Å². The van der Waals surface area contributed by atoms with E-state index in [0.717, 1.165) is 5.92 Å². The third-order valence-corrected chi connectivity index (χ3v) is 1.37. The summed E-state index contributed by atoms with van der Waals surface area (Å²) >= 11 is 0. The number of hydrogen-bond acceptors (Lipinski definition) is 0. The lowest BCUT2D eigenvalue weighted by molar-refractivity contribution is 0.576. The first-order valence-electron chi connectivity index (χ1n) is 4.85. The van der Waals surface area contributed by atoms with Crippen LogP contribution >= 0.6 is 0 Å². The van der Waals surface area contributed by atoms with E-state index in [1.54, 1.807) is 12.1 Å². The fourth-order valence-corrected chi connectivity index (χ4v) is 0.847. The third kappa shape index (κ3) is 16.9. The van der Waals surface area contributed by atoms with Crippen molar-refractivity contribution in [2.24, 2.45) is 5.92 Å². The van der Waals surface area contributed by atoms with Gasteiger partial charge in [0.2, 0.25) is 0 Å². The quantitative estimate of drug-likeness (QED) is 0.618. The highest BCUT2D eigenvalue weighted by Gasteiger charge is 1.85. The van der Waals surface area contributed by atoms with Crippen LogP contribution in [0.25, 0.3) is 0 Å². The molecule has 0 fully saturated rings. The first-order chi connectivity index (χ1) is 6.77. The Balaban J connectivity index is 0.